The van der Waals surface area contributed by atoms with Crippen LogP contribution < -0.4 is 5.32 Å². The molecular formula is C16H21N3S. The molecule has 106 valence electrons. The van der Waals surface area contributed by atoms with Crippen LogP contribution in [0.25, 0.3) is 0 Å². The van der Waals surface area contributed by atoms with E-state index in [4.69, 9.17) is 0 Å². The van der Waals surface area contributed by atoms with Gasteiger partial charge in [-0.25, -0.2) is 0 Å². The Morgan fingerprint density at radius 2 is 2.30 bits per heavy atom. The maximum atomic E-state index is 4.50. The predicted octanol–water partition coefficient (Wildman–Crippen LogP) is 3.27. The Bertz CT molecular complexity index is 564. The van der Waals surface area contributed by atoms with Crippen LogP contribution in [0.4, 0.5) is 0 Å². The molecule has 1 N–H and O–H groups in total. The average Bonchev–Trinajstić information content (AvgIpc) is 3.08. The smallest absolute Gasteiger partial charge is 0.0534 e. The van der Waals surface area contributed by atoms with Gasteiger partial charge in [-0.05, 0) is 24.6 Å². The summed E-state index contributed by atoms with van der Waals surface area (Å²) in [5, 5.41) is 7.92. The highest BCUT2D eigenvalue weighted by atomic mass is 32.2. The highest BCUT2D eigenvalue weighted by molar-refractivity contribution is 7.99. The van der Waals surface area contributed by atoms with Crippen molar-refractivity contribution in [2.24, 2.45) is 0 Å². The number of hydrogen-bond donors (Lipinski definition) is 1. The second-order valence-electron chi connectivity index (χ2n) is 5.29. The van der Waals surface area contributed by atoms with E-state index < -0.39 is 0 Å². The lowest BCUT2D eigenvalue weighted by atomic mass is 10.0. The first-order valence-corrected chi connectivity index (χ1v) is 8.29. The number of rotatable bonds is 6. The van der Waals surface area contributed by atoms with Crippen LogP contribution in [0.5, 0.6) is 0 Å². The predicted molar refractivity (Wildman–Crippen MR) is 84.1 cm³/mol. The lowest BCUT2D eigenvalue weighted by molar-refractivity contribution is 0.548. The van der Waals surface area contributed by atoms with Crippen LogP contribution in [-0.2, 0) is 13.1 Å². The Labute approximate surface area is 124 Å². The van der Waals surface area contributed by atoms with Gasteiger partial charge in [0.05, 0.1) is 6.20 Å². The first kappa shape index (κ1) is 13.7. The largest absolute Gasteiger partial charge is 0.313 e. The van der Waals surface area contributed by atoms with Crippen LogP contribution >= 0.6 is 11.8 Å². The summed E-state index contributed by atoms with van der Waals surface area (Å²) in [7, 11) is 0. The van der Waals surface area contributed by atoms with Gasteiger partial charge in [0.2, 0.25) is 0 Å². The minimum absolute atomic E-state index is 0.590. The molecule has 0 saturated heterocycles. The number of hydrogen-bond acceptors (Lipinski definition) is 3. The molecule has 3 nitrogen and oxygen atoms in total. The van der Waals surface area contributed by atoms with Gasteiger partial charge < -0.3 is 5.32 Å². The molecule has 0 spiro atoms. The standard InChI is InChI=1S/C16H21N3S/c1-2-7-17-8-13-9-18-19(10-13)11-14-12-20-16-6-4-3-5-15(14)16/h3-6,9-10,14,17H,2,7-8,11-12H2,1H3. The molecule has 0 bridgehead atoms. The molecule has 1 aromatic carbocycles. The molecule has 0 aliphatic carbocycles. The molecule has 4 heteroatoms. The summed E-state index contributed by atoms with van der Waals surface area (Å²) >= 11 is 1.97. The van der Waals surface area contributed by atoms with Crippen molar-refractivity contribution in [1.82, 2.24) is 15.1 Å². The Morgan fingerprint density at radius 3 is 3.20 bits per heavy atom. The molecule has 1 unspecified atom stereocenters. The Kier molecular flexibility index (Phi) is 4.43. The topological polar surface area (TPSA) is 29.9 Å². The van der Waals surface area contributed by atoms with Gasteiger partial charge in [-0.15, -0.1) is 11.8 Å². The summed E-state index contributed by atoms with van der Waals surface area (Å²) in [5.74, 6) is 1.76. The first-order chi connectivity index (χ1) is 9.86. The molecule has 2 aromatic rings. The van der Waals surface area contributed by atoms with E-state index >= 15 is 0 Å². The SMILES string of the molecule is CCCNCc1cnn(CC2CSc3ccccc32)c1. The fourth-order valence-electron chi connectivity index (χ4n) is 2.61. The molecular weight excluding hydrogens is 266 g/mol. The van der Waals surface area contributed by atoms with Crippen LogP contribution in [-0.4, -0.2) is 22.1 Å². The van der Waals surface area contributed by atoms with E-state index in [2.05, 4.69) is 52.5 Å². The molecule has 0 radical (unpaired) electrons. The molecule has 0 fully saturated rings. The van der Waals surface area contributed by atoms with E-state index in [1.54, 1.807) is 0 Å². The molecule has 1 aliphatic rings. The van der Waals surface area contributed by atoms with Gasteiger partial charge in [0.25, 0.3) is 0 Å². The first-order valence-electron chi connectivity index (χ1n) is 7.30. The van der Waals surface area contributed by atoms with Crippen LogP contribution in [0.15, 0.2) is 41.6 Å². The van der Waals surface area contributed by atoms with Crippen molar-refractivity contribution in [3.63, 3.8) is 0 Å². The third-order valence-electron chi connectivity index (χ3n) is 3.65. The fourth-order valence-corrected chi connectivity index (χ4v) is 3.86. The number of fused-ring (bicyclic) bond motifs is 1. The zero-order valence-electron chi connectivity index (χ0n) is 11.9. The number of nitrogens with one attached hydrogen (secondary N) is 1. The van der Waals surface area contributed by atoms with Crippen molar-refractivity contribution < 1.29 is 0 Å². The van der Waals surface area contributed by atoms with Gasteiger partial charge in [-0.1, -0.05) is 25.1 Å². The van der Waals surface area contributed by atoms with E-state index in [0.717, 1.165) is 19.6 Å². The van der Waals surface area contributed by atoms with E-state index in [9.17, 15) is 0 Å². The maximum Gasteiger partial charge on any atom is 0.0534 e. The molecule has 1 aliphatic heterocycles. The summed E-state index contributed by atoms with van der Waals surface area (Å²) < 4.78 is 2.09. The second-order valence-corrected chi connectivity index (χ2v) is 6.35. The summed E-state index contributed by atoms with van der Waals surface area (Å²) in [6, 6.07) is 8.75. The summed E-state index contributed by atoms with van der Waals surface area (Å²) in [6.07, 6.45) is 5.33. The maximum absolute atomic E-state index is 4.50. The van der Waals surface area contributed by atoms with Crippen molar-refractivity contribution in [1.29, 1.82) is 0 Å². The molecule has 2 heterocycles. The van der Waals surface area contributed by atoms with Crippen LogP contribution in [0.3, 0.4) is 0 Å². The van der Waals surface area contributed by atoms with Gasteiger partial charge >= 0.3 is 0 Å². The summed E-state index contributed by atoms with van der Waals surface area (Å²) in [4.78, 5) is 1.44. The quantitative estimate of drug-likeness (QED) is 0.827. The van der Waals surface area contributed by atoms with Gasteiger partial charge in [0.15, 0.2) is 0 Å². The van der Waals surface area contributed by atoms with Crippen molar-refractivity contribution in [3.05, 3.63) is 47.8 Å². The number of nitrogens with zero attached hydrogens (tertiary/aromatic N) is 2. The highest BCUT2D eigenvalue weighted by Crippen LogP contribution is 2.39. The van der Waals surface area contributed by atoms with Crippen molar-refractivity contribution >= 4 is 11.8 Å². The van der Waals surface area contributed by atoms with E-state index in [1.165, 1.54) is 28.2 Å². The van der Waals surface area contributed by atoms with Crippen LogP contribution in [0.1, 0.15) is 30.4 Å². The van der Waals surface area contributed by atoms with Gasteiger partial charge in [-0.2, -0.15) is 5.10 Å². The summed E-state index contributed by atoms with van der Waals surface area (Å²) in [6.45, 7) is 5.16. The molecule has 0 saturated carbocycles. The van der Waals surface area contributed by atoms with Crippen LogP contribution in [0.2, 0.25) is 0 Å². The van der Waals surface area contributed by atoms with E-state index in [-0.39, 0.29) is 0 Å². The summed E-state index contributed by atoms with van der Waals surface area (Å²) in [5.41, 5.74) is 2.76. The van der Waals surface area contributed by atoms with E-state index in [0.29, 0.717) is 5.92 Å². The zero-order valence-corrected chi connectivity index (χ0v) is 12.7. The van der Waals surface area contributed by atoms with Gasteiger partial charge in [0, 0.05) is 41.4 Å². The third kappa shape index (κ3) is 3.07. The molecule has 1 aromatic heterocycles. The Hall–Kier alpha value is -1.26. The normalized spacial score (nSPS) is 17.4. The second kappa shape index (κ2) is 6.46. The average molecular weight is 287 g/mol. The Balaban J connectivity index is 1.62. The zero-order chi connectivity index (χ0) is 13.8. The Morgan fingerprint density at radius 1 is 1.40 bits per heavy atom. The van der Waals surface area contributed by atoms with Crippen LogP contribution in [0, 0.1) is 0 Å². The lowest BCUT2D eigenvalue weighted by Gasteiger charge is -2.10. The molecule has 0 amide bonds. The molecule has 3 rings (SSSR count). The third-order valence-corrected chi connectivity index (χ3v) is 4.90. The van der Waals surface area contributed by atoms with E-state index in [1.807, 2.05) is 18.0 Å². The molecule has 20 heavy (non-hydrogen) atoms. The van der Waals surface area contributed by atoms with Crippen molar-refractivity contribution in [2.45, 2.75) is 37.2 Å². The fraction of sp³-hybridized carbons (Fsp3) is 0.438. The number of thioether (sulfide) groups is 1. The van der Waals surface area contributed by atoms with Gasteiger partial charge in [0.1, 0.15) is 0 Å². The lowest BCUT2D eigenvalue weighted by Crippen LogP contribution is -2.13. The van der Waals surface area contributed by atoms with Crippen molar-refractivity contribution in [2.75, 3.05) is 12.3 Å². The molecule has 1 atom stereocenters. The van der Waals surface area contributed by atoms with Crippen molar-refractivity contribution in [3.8, 4) is 0 Å². The number of aromatic nitrogens is 2. The monoisotopic (exact) mass is 287 g/mol. The number of benzene rings is 1. The highest BCUT2D eigenvalue weighted by Gasteiger charge is 2.23. The minimum atomic E-state index is 0.590. The minimum Gasteiger partial charge on any atom is -0.313 e. The van der Waals surface area contributed by atoms with Gasteiger partial charge in [-0.3, -0.25) is 4.68 Å².